The molecule has 2 rings (SSSR count). The van der Waals surface area contributed by atoms with Crippen molar-refractivity contribution < 1.29 is 14.3 Å². The van der Waals surface area contributed by atoms with Crippen molar-refractivity contribution in [3.63, 3.8) is 0 Å². The molecule has 0 bridgehead atoms. The molecule has 150 valence electrons. The molecular weight excluding hydrogens is 338 g/mol. The van der Waals surface area contributed by atoms with Gasteiger partial charge in [-0.05, 0) is 62.1 Å². The number of hydrogen-bond acceptors (Lipinski definition) is 4. The molecular formula is C23H35NO3. The summed E-state index contributed by atoms with van der Waals surface area (Å²) in [5, 5.41) is 0. The van der Waals surface area contributed by atoms with Crippen molar-refractivity contribution in [1.29, 1.82) is 0 Å². The molecule has 1 fully saturated rings. The number of rotatable bonds is 11. The predicted molar refractivity (Wildman–Crippen MR) is 109 cm³/mol. The van der Waals surface area contributed by atoms with Crippen LogP contribution in [0.25, 0.3) is 0 Å². The van der Waals surface area contributed by atoms with Crippen molar-refractivity contribution in [2.45, 2.75) is 76.5 Å². The number of esters is 1. The number of unbranched alkanes of at least 4 members (excludes halogenated alkanes) is 3. The van der Waals surface area contributed by atoms with Gasteiger partial charge in [0.1, 0.15) is 6.29 Å². The molecule has 2 N–H and O–H groups in total. The summed E-state index contributed by atoms with van der Waals surface area (Å²) in [7, 11) is 0. The number of carbonyl (C=O) groups excluding carboxylic acids is 2. The van der Waals surface area contributed by atoms with Crippen LogP contribution in [0, 0.1) is 5.92 Å². The van der Waals surface area contributed by atoms with Gasteiger partial charge in [0.25, 0.3) is 0 Å². The number of hydrogen-bond donors (Lipinski definition) is 1. The fraction of sp³-hybridized carbons (Fsp3) is 0.652. The van der Waals surface area contributed by atoms with Crippen LogP contribution in [0.4, 0.5) is 0 Å². The standard InChI is InChI=1S/C23H35NO3/c1-2-3-4-5-16-27-22(26)11-8-19-6-9-21(10-7-19)23(18-25)14-12-20(17-24)13-15-23/h6-7,9-10,18,20H,2-5,8,11-17,24H2,1H3. The van der Waals surface area contributed by atoms with Gasteiger partial charge in [0.15, 0.2) is 0 Å². The number of carbonyl (C=O) groups is 2. The van der Waals surface area contributed by atoms with Crippen LogP contribution in [0.3, 0.4) is 0 Å². The first kappa shape index (κ1) is 21.6. The first-order valence-electron chi connectivity index (χ1n) is 10.5. The van der Waals surface area contributed by atoms with Crippen LogP contribution in [0.1, 0.15) is 75.8 Å². The molecule has 27 heavy (non-hydrogen) atoms. The second-order valence-corrected chi connectivity index (χ2v) is 7.93. The molecule has 0 spiro atoms. The molecule has 0 atom stereocenters. The highest BCUT2D eigenvalue weighted by Crippen LogP contribution is 2.40. The van der Waals surface area contributed by atoms with Crippen molar-refractivity contribution in [3.05, 3.63) is 35.4 Å². The van der Waals surface area contributed by atoms with Crippen molar-refractivity contribution in [2.75, 3.05) is 13.2 Å². The lowest BCUT2D eigenvalue weighted by molar-refractivity contribution is -0.143. The fourth-order valence-electron chi connectivity index (χ4n) is 3.94. The van der Waals surface area contributed by atoms with Crippen LogP contribution in [0.15, 0.2) is 24.3 Å². The summed E-state index contributed by atoms with van der Waals surface area (Å²) in [6.07, 6.45) is 10.4. The van der Waals surface area contributed by atoms with Gasteiger partial charge in [-0.2, -0.15) is 0 Å². The summed E-state index contributed by atoms with van der Waals surface area (Å²) in [4.78, 5) is 23.7. The van der Waals surface area contributed by atoms with Crippen LogP contribution >= 0.6 is 0 Å². The average molecular weight is 374 g/mol. The van der Waals surface area contributed by atoms with E-state index in [1.165, 1.54) is 12.8 Å². The Hall–Kier alpha value is -1.68. The Bertz CT molecular complexity index is 574. The smallest absolute Gasteiger partial charge is 0.306 e. The van der Waals surface area contributed by atoms with Crippen LogP contribution in [-0.4, -0.2) is 25.4 Å². The molecule has 0 heterocycles. The van der Waals surface area contributed by atoms with Gasteiger partial charge >= 0.3 is 5.97 Å². The Morgan fingerprint density at radius 3 is 2.48 bits per heavy atom. The molecule has 0 aliphatic heterocycles. The number of benzene rings is 1. The van der Waals surface area contributed by atoms with Crippen molar-refractivity contribution in [1.82, 2.24) is 0 Å². The monoisotopic (exact) mass is 373 g/mol. The van der Waals surface area contributed by atoms with E-state index in [1.54, 1.807) is 0 Å². The first-order valence-corrected chi connectivity index (χ1v) is 10.5. The molecule has 1 aliphatic rings. The third-order valence-electron chi connectivity index (χ3n) is 5.96. The minimum atomic E-state index is -0.360. The Morgan fingerprint density at radius 2 is 1.89 bits per heavy atom. The molecule has 1 aliphatic carbocycles. The third-order valence-corrected chi connectivity index (χ3v) is 5.96. The van der Waals surface area contributed by atoms with E-state index < -0.39 is 0 Å². The zero-order valence-corrected chi connectivity index (χ0v) is 16.8. The first-order chi connectivity index (χ1) is 13.1. The van der Waals surface area contributed by atoms with Crippen molar-refractivity contribution in [3.8, 4) is 0 Å². The molecule has 1 aromatic rings. The summed E-state index contributed by atoms with van der Waals surface area (Å²) >= 11 is 0. The van der Waals surface area contributed by atoms with Gasteiger partial charge in [0.05, 0.1) is 12.0 Å². The molecule has 0 aromatic heterocycles. The maximum atomic E-state index is 11.9. The SMILES string of the molecule is CCCCCCOC(=O)CCc1ccc(C2(C=O)CCC(CN)CC2)cc1. The maximum Gasteiger partial charge on any atom is 0.306 e. The van der Waals surface area contributed by atoms with Gasteiger partial charge in [-0.25, -0.2) is 0 Å². The number of ether oxygens (including phenoxy) is 1. The average Bonchev–Trinajstić information content (AvgIpc) is 2.72. The molecule has 4 heteroatoms. The minimum absolute atomic E-state index is 0.125. The van der Waals surface area contributed by atoms with Crippen LogP contribution in [0.5, 0.6) is 0 Å². The molecule has 1 saturated carbocycles. The Kier molecular flexibility index (Phi) is 8.99. The normalized spacial score (nSPS) is 22.4. The lowest BCUT2D eigenvalue weighted by atomic mass is 9.67. The fourth-order valence-corrected chi connectivity index (χ4v) is 3.94. The molecule has 0 saturated heterocycles. The van der Waals surface area contributed by atoms with Crippen molar-refractivity contribution in [2.24, 2.45) is 11.7 Å². The molecule has 1 aromatic carbocycles. The van der Waals surface area contributed by atoms with E-state index in [4.69, 9.17) is 10.5 Å². The largest absolute Gasteiger partial charge is 0.466 e. The van der Waals surface area contributed by atoms with E-state index in [-0.39, 0.29) is 11.4 Å². The summed E-state index contributed by atoms with van der Waals surface area (Å²) in [6, 6.07) is 8.21. The summed E-state index contributed by atoms with van der Waals surface area (Å²) in [5.74, 6) is 0.422. The minimum Gasteiger partial charge on any atom is -0.466 e. The van der Waals surface area contributed by atoms with Gasteiger partial charge < -0.3 is 15.3 Å². The van der Waals surface area contributed by atoms with E-state index in [1.807, 2.05) is 12.1 Å². The lowest BCUT2D eigenvalue weighted by Crippen LogP contribution is -2.35. The van der Waals surface area contributed by atoms with E-state index in [0.717, 1.165) is 55.9 Å². The molecule has 4 nitrogen and oxygen atoms in total. The predicted octanol–water partition coefficient (Wildman–Crippen LogP) is 4.33. The number of nitrogens with two attached hydrogens (primary N) is 1. The summed E-state index contributed by atoms with van der Waals surface area (Å²) in [5.41, 5.74) is 7.62. The highest BCUT2D eigenvalue weighted by molar-refractivity contribution is 5.70. The third kappa shape index (κ3) is 6.46. The second-order valence-electron chi connectivity index (χ2n) is 7.93. The topological polar surface area (TPSA) is 69.4 Å². The Labute approximate surface area is 163 Å². The van der Waals surface area contributed by atoms with E-state index in [9.17, 15) is 9.59 Å². The van der Waals surface area contributed by atoms with Gasteiger partial charge in [-0.1, -0.05) is 50.5 Å². The molecule has 0 radical (unpaired) electrons. The summed E-state index contributed by atoms with van der Waals surface area (Å²) < 4.78 is 5.29. The van der Waals surface area contributed by atoms with Gasteiger partial charge in [0.2, 0.25) is 0 Å². The Balaban J connectivity index is 1.80. The zero-order valence-electron chi connectivity index (χ0n) is 16.8. The van der Waals surface area contributed by atoms with E-state index >= 15 is 0 Å². The molecule has 0 amide bonds. The van der Waals surface area contributed by atoms with E-state index in [0.29, 0.717) is 31.9 Å². The maximum absolute atomic E-state index is 11.9. The molecule has 0 unspecified atom stereocenters. The number of aryl methyl sites for hydroxylation is 1. The summed E-state index contributed by atoms with van der Waals surface area (Å²) in [6.45, 7) is 3.41. The zero-order chi connectivity index (χ0) is 19.5. The lowest BCUT2D eigenvalue weighted by Gasteiger charge is -2.36. The highest BCUT2D eigenvalue weighted by atomic mass is 16.5. The van der Waals surface area contributed by atoms with Crippen LogP contribution in [0.2, 0.25) is 0 Å². The van der Waals surface area contributed by atoms with E-state index in [2.05, 4.69) is 19.1 Å². The number of aldehydes is 1. The van der Waals surface area contributed by atoms with Gasteiger partial charge in [-0.15, -0.1) is 0 Å². The quantitative estimate of drug-likeness (QED) is 0.356. The van der Waals surface area contributed by atoms with Gasteiger partial charge in [-0.3, -0.25) is 4.79 Å². The Morgan fingerprint density at radius 1 is 1.19 bits per heavy atom. The highest BCUT2D eigenvalue weighted by Gasteiger charge is 2.36. The second kappa shape index (κ2) is 11.2. The van der Waals surface area contributed by atoms with Crippen molar-refractivity contribution >= 4 is 12.3 Å². The van der Waals surface area contributed by atoms with Gasteiger partial charge in [0, 0.05) is 6.42 Å². The van der Waals surface area contributed by atoms with Crippen LogP contribution in [-0.2, 0) is 26.2 Å². The van der Waals surface area contributed by atoms with Crippen LogP contribution < -0.4 is 5.73 Å².